The summed E-state index contributed by atoms with van der Waals surface area (Å²) in [5, 5.41) is 12.2. The van der Waals surface area contributed by atoms with Gasteiger partial charge in [-0.05, 0) is 55.3 Å². The Morgan fingerprint density at radius 3 is 2.40 bits per heavy atom. The first kappa shape index (κ1) is 14.1. The van der Waals surface area contributed by atoms with Crippen molar-refractivity contribution in [2.75, 3.05) is 11.1 Å². The second-order valence-corrected chi connectivity index (χ2v) is 4.82. The molecule has 2 rings (SSSR count). The predicted octanol–water partition coefficient (Wildman–Crippen LogP) is 2.88. The minimum Gasteiger partial charge on any atom is -0.399 e. The van der Waals surface area contributed by atoms with E-state index < -0.39 is 6.10 Å². The summed E-state index contributed by atoms with van der Waals surface area (Å²) in [5.41, 5.74) is 9.34. The molecule has 2 aromatic carbocycles. The van der Waals surface area contributed by atoms with Crippen LogP contribution in [0.25, 0.3) is 0 Å². The third-order valence-corrected chi connectivity index (χ3v) is 3.18. The van der Waals surface area contributed by atoms with Gasteiger partial charge in [-0.15, -0.1) is 0 Å². The Kier molecular flexibility index (Phi) is 4.05. The molecule has 0 aromatic heterocycles. The molecule has 0 radical (unpaired) electrons. The number of hydrogen-bond donors (Lipinski definition) is 3. The van der Waals surface area contributed by atoms with Crippen molar-refractivity contribution < 1.29 is 9.90 Å². The molecule has 0 saturated heterocycles. The minimum absolute atomic E-state index is 0.183. The van der Waals surface area contributed by atoms with E-state index in [1.54, 1.807) is 49.4 Å². The average Bonchev–Trinajstić information content (AvgIpc) is 2.42. The fraction of sp³-hybridized carbons (Fsp3) is 0.188. The predicted molar refractivity (Wildman–Crippen MR) is 80.6 cm³/mol. The van der Waals surface area contributed by atoms with Gasteiger partial charge in [0.05, 0.1) is 6.10 Å². The standard InChI is InChI=1S/C16H18N2O2/c1-10-9-13(5-8-15(10)17)16(20)18-14-6-3-12(4-7-14)11(2)19/h3-9,11,19H,17H2,1-2H3,(H,18,20)/t11-/m0/s1. The average molecular weight is 270 g/mol. The molecule has 4 N–H and O–H groups in total. The van der Waals surface area contributed by atoms with E-state index in [2.05, 4.69) is 5.32 Å². The summed E-state index contributed by atoms with van der Waals surface area (Å²) in [7, 11) is 0. The Bertz CT molecular complexity index is 619. The van der Waals surface area contributed by atoms with Gasteiger partial charge in [-0.3, -0.25) is 4.79 Å². The molecular weight excluding hydrogens is 252 g/mol. The lowest BCUT2D eigenvalue weighted by atomic mass is 10.1. The van der Waals surface area contributed by atoms with Crippen molar-refractivity contribution in [2.45, 2.75) is 20.0 Å². The van der Waals surface area contributed by atoms with E-state index in [1.165, 1.54) is 0 Å². The maximum atomic E-state index is 12.1. The van der Waals surface area contributed by atoms with Gasteiger partial charge in [0.1, 0.15) is 0 Å². The minimum atomic E-state index is -0.514. The number of anilines is 2. The van der Waals surface area contributed by atoms with Gasteiger partial charge in [0.15, 0.2) is 0 Å². The summed E-state index contributed by atoms with van der Waals surface area (Å²) >= 11 is 0. The van der Waals surface area contributed by atoms with Crippen LogP contribution in [0.1, 0.15) is 34.5 Å². The SMILES string of the molecule is Cc1cc(C(=O)Nc2ccc([C@H](C)O)cc2)ccc1N. The van der Waals surface area contributed by atoms with Crippen molar-refractivity contribution in [3.8, 4) is 0 Å². The molecule has 2 aromatic rings. The molecule has 0 saturated carbocycles. The lowest BCUT2D eigenvalue weighted by Gasteiger charge is -2.09. The largest absolute Gasteiger partial charge is 0.399 e. The van der Waals surface area contributed by atoms with Gasteiger partial charge in [0, 0.05) is 16.9 Å². The van der Waals surface area contributed by atoms with Gasteiger partial charge in [-0.2, -0.15) is 0 Å². The first-order chi connectivity index (χ1) is 9.47. The third-order valence-electron chi connectivity index (χ3n) is 3.18. The van der Waals surface area contributed by atoms with E-state index in [0.717, 1.165) is 11.1 Å². The summed E-state index contributed by atoms with van der Waals surface area (Å²) in [6, 6.07) is 12.3. The molecule has 0 spiro atoms. The molecule has 0 aliphatic carbocycles. The van der Waals surface area contributed by atoms with Gasteiger partial charge in [0.2, 0.25) is 0 Å². The number of hydrogen-bond acceptors (Lipinski definition) is 3. The van der Waals surface area contributed by atoms with Crippen LogP contribution in [0.3, 0.4) is 0 Å². The fourth-order valence-corrected chi connectivity index (χ4v) is 1.87. The zero-order chi connectivity index (χ0) is 14.7. The monoisotopic (exact) mass is 270 g/mol. The van der Waals surface area contributed by atoms with Crippen LogP contribution in [0.2, 0.25) is 0 Å². The number of nitrogens with two attached hydrogens (primary N) is 1. The highest BCUT2D eigenvalue weighted by Crippen LogP contribution is 2.17. The second kappa shape index (κ2) is 5.75. The topological polar surface area (TPSA) is 75.3 Å². The first-order valence-corrected chi connectivity index (χ1v) is 6.43. The summed E-state index contributed by atoms with van der Waals surface area (Å²) in [4.78, 5) is 12.1. The molecule has 1 atom stereocenters. The van der Waals surface area contributed by atoms with Crippen LogP contribution >= 0.6 is 0 Å². The number of aliphatic hydroxyl groups is 1. The highest BCUT2D eigenvalue weighted by Gasteiger charge is 2.08. The highest BCUT2D eigenvalue weighted by atomic mass is 16.3. The smallest absolute Gasteiger partial charge is 0.255 e. The van der Waals surface area contributed by atoms with Crippen LogP contribution in [-0.2, 0) is 0 Å². The number of aliphatic hydroxyl groups excluding tert-OH is 1. The zero-order valence-electron chi connectivity index (χ0n) is 11.6. The fourth-order valence-electron chi connectivity index (χ4n) is 1.87. The molecule has 0 fully saturated rings. The third kappa shape index (κ3) is 3.16. The first-order valence-electron chi connectivity index (χ1n) is 6.43. The highest BCUT2D eigenvalue weighted by molar-refractivity contribution is 6.04. The molecule has 0 aliphatic rings. The van der Waals surface area contributed by atoms with E-state index in [9.17, 15) is 9.90 Å². The van der Waals surface area contributed by atoms with Crippen molar-refractivity contribution in [1.82, 2.24) is 0 Å². The van der Waals surface area contributed by atoms with Crippen LogP contribution in [0.4, 0.5) is 11.4 Å². The number of carbonyl (C=O) groups is 1. The molecule has 4 heteroatoms. The Labute approximate surface area is 118 Å². The van der Waals surface area contributed by atoms with Crippen molar-refractivity contribution >= 4 is 17.3 Å². The summed E-state index contributed by atoms with van der Waals surface area (Å²) in [6.07, 6.45) is -0.514. The van der Waals surface area contributed by atoms with Crippen LogP contribution in [0.5, 0.6) is 0 Å². The van der Waals surface area contributed by atoms with Crippen molar-refractivity contribution in [2.24, 2.45) is 0 Å². The van der Waals surface area contributed by atoms with Crippen LogP contribution in [-0.4, -0.2) is 11.0 Å². The number of nitrogen functional groups attached to an aromatic ring is 1. The molecular formula is C16H18N2O2. The molecule has 1 amide bonds. The second-order valence-electron chi connectivity index (χ2n) is 4.82. The van der Waals surface area contributed by atoms with Crippen LogP contribution in [0, 0.1) is 6.92 Å². The lowest BCUT2D eigenvalue weighted by molar-refractivity contribution is 0.102. The summed E-state index contributed by atoms with van der Waals surface area (Å²) in [5.74, 6) is -0.183. The molecule has 0 bridgehead atoms. The summed E-state index contributed by atoms with van der Waals surface area (Å²) in [6.45, 7) is 3.56. The van der Waals surface area contributed by atoms with E-state index in [1.807, 2.05) is 6.92 Å². The normalized spacial score (nSPS) is 11.9. The summed E-state index contributed by atoms with van der Waals surface area (Å²) < 4.78 is 0. The Morgan fingerprint density at radius 2 is 1.85 bits per heavy atom. The van der Waals surface area contributed by atoms with Gasteiger partial charge >= 0.3 is 0 Å². The quantitative estimate of drug-likeness (QED) is 0.751. The van der Waals surface area contributed by atoms with E-state index in [0.29, 0.717) is 16.9 Å². The maximum Gasteiger partial charge on any atom is 0.255 e. The Balaban J connectivity index is 2.12. The van der Waals surface area contributed by atoms with Gasteiger partial charge < -0.3 is 16.2 Å². The molecule has 0 heterocycles. The van der Waals surface area contributed by atoms with Crippen molar-refractivity contribution in [3.05, 3.63) is 59.2 Å². The molecule has 4 nitrogen and oxygen atoms in total. The van der Waals surface area contributed by atoms with Crippen molar-refractivity contribution in [1.29, 1.82) is 0 Å². The Hall–Kier alpha value is -2.33. The van der Waals surface area contributed by atoms with Crippen LogP contribution < -0.4 is 11.1 Å². The lowest BCUT2D eigenvalue weighted by Crippen LogP contribution is -2.12. The van der Waals surface area contributed by atoms with Gasteiger partial charge in [0.25, 0.3) is 5.91 Å². The van der Waals surface area contributed by atoms with Crippen molar-refractivity contribution in [3.63, 3.8) is 0 Å². The molecule has 0 unspecified atom stereocenters. The van der Waals surface area contributed by atoms with Gasteiger partial charge in [-0.25, -0.2) is 0 Å². The zero-order valence-corrected chi connectivity index (χ0v) is 11.6. The van der Waals surface area contributed by atoms with E-state index >= 15 is 0 Å². The Morgan fingerprint density at radius 1 is 1.20 bits per heavy atom. The molecule has 104 valence electrons. The number of benzene rings is 2. The maximum absolute atomic E-state index is 12.1. The van der Waals surface area contributed by atoms with Crippen LogP contribution in [0.15, 0.2) is 42.5 Å². The number of rotatable bonds is 3. The van der Waals surface area contributed by atoms with Gasteiger partial charge in [-0.1, -0.05) is 12.1 Å². The number of nitrogens with one attached hydrogen (secondary N) is 1. The molecule has 0 aliphatic heterocycles. The number of aryl methyl sites for hydroxylation is 1. The van der Waals surface area contributed by atoms with E-state index in [4.69, 9.17) is 5.73 Å². The van der Waals surface area contributed by atoms with E-state index in [-0.39, 0.29) is 5.91 Å². The number of amides is 1. The molecule has 20 heavy (non-hydrogen) atoms. The number of carbonyl (C=O) groups excluding carboxylic acids is 1.